The van der Waals surface area contributed by atoms with E-state index in [1.54, 1.807) is 11.3 Å². The van der Waals surface area contributed by atoms with Gasteiger partial charge in [0.2, 0.25) is 0 Å². The van der Waals surface area contributed by atoms with Crippen LogP contribution in [0.1, 0.15) is 5.56 Å². The topological polar surface area (TPSA) is 38.5 Å². The van der Waals surface area contributed by atoms with Crippen molar-refractivity contribution < 1.29 is 4.74 Å². The number of rotatable bonds is 3. The normalized spacial score (nSPS) is 16.6. The van der Waals surface area contributed by atoms with Crippen molar-refractivity contribution in [3.63, 3.8) is 0 Å². The molecule has 0 amide bonds. The first-order chi connectivity index (χ1) is 9.34. The molecule has 2 aromatic rings. The van der Waals surface area contributed by atoms with Crippen LogP contribution in [0.3, 0.4) is 0 Å². The Labute approximate surface area is 117 Å². The van der Waals surface area contributed by atoms with Gasteiger partial charge in [0.25, 0.3) is 0 Å². The number of hydrogen-bond acceptors (Lipinski definition) is 4. The van der Waals surface area contributed by atoms with Gasteiger partial charge < -0.3 is 10.5 Å². The van der Waals surface area contributed by atoms with Crippen LogP contribution in [-0.2, 0) is 11.3 Å². The molecule has 0 saturated carbocycles. The molecule has 3 nitrogen and oxygen atoms in total. The van der Waals surface area contributed by atoms with Gasteiger partial charge in [-0.25, -0.2) is 0 Å². The Bertz CT molecular complexity index is 532. The third kappa shape index (κ3) is 2.81. The van der Waals surface area contributed by atoms with Crippen LogP contribution in [0.25, 0.3) is 11.1 Å². The molecule has 0 aliphatic carbocycles. The van der Waals surface area contributed by atoms with Crippen LogP contribution in [0, 0.1) is 0 Å². The monoisotopic (exact) mass is 274 g/mol. The Balaban J connectivity index is 1.86. The number of nitrogens with two attached hydrogens (primary N) is 1. The lowest BCUT2D eigenvalue weighted by Crippen LogP contribution is -2.35. The van der Waals surface area contributed by atoms with E-state index in [0.717, 1.165) is 37.8 Å². The summed E-state index contributed by atoms with van der Waals surface area (Å²) in [7, 11) is 0. The second-order valence-electron chi connectivity index (χ2n) is 4.75. The van der Waals surface area contributed by atoms with E-state index in [9.17, 15) is 0 Å². The van der Waals surface area contributed by atoms with Gasteiger partial charge in [0, 0.05) is 25.2 Å². The Hall–Kier alpha value is -1.36. The molecule has 0 bridgehead atoms. The predicted molar refractivity (Wildman–Crippen MR) is 80.3 cm³/mol. The highest BCUT2D eigenvalue weighted by molar-refractivity contribution is 7.14. The van der Waals surface area contributed by atoms with E-state index in [2.05, 4.69) is 34.5 Å². The third-order valence-corrected chi connectivity index (χ3v) is 4.32. The van der Waals surface area contributed by atoms with E-state index in [1.807, 2.05) is 6.07 Å². The number of thiophene rings is 1. The molecule has 1 saturated heterocycles. The SMILES string of the molecule is Nc1scc(CN2CCOCC2)c1-c1ccccc1. The second kappa shape index (κ2) is 5.74. The summed E-state index contributed by atoms with van der Waals surface area (Å²) >= 11 is 1.63. The molecular weight excluding hydrogens is 256 g/mol. The van der Waals surface area contributed by atoms with Gasteiger partial charge in [0.05, 0.1) is 18.2 Å². The Morgan fingerprint density at radius 2 is 1.89 bits per heavy atom. The molecule has 3 rings (SSSR count). The summed E-state index contributed by atoms with van der Waals surface area (Å²) in [5.74, 6) is 0. The summed E-state index contributed by atoms with van der Waals surface area (Å²) in [6, 6.07) is 10.4. The number of nitrogens with zero attached hydrogens (tertiary/aromatic N) is 1. The number of benzene rings is 1. The zero-order valence-corrected chi connectivity index (χ0v) is 11.7. The molecule has 0 spiro atoms. The molecule has 19 heavy (non-hydrogen) atoms. The van der Waals surface area contributed by atoms with Crippen LogP contribution < -0.4 is 5.73 Å². The smallest absolute Gasteiger partial charge is 0.0939 e. The standard InChI is InChI=1S/C15H18N2OS/c16-15-14(12-4-2-1-3-5-12)13(11-19-15)10-17-6-8-18-9-7-17/h1-5,11H,6-10,16H2. The summed E-state index contributed by atoms with van der Waals surface area (Å²) in [4.78, 5) is 2.43. The van der Waals surface area contributed by atoms with E-state index in [4.69, 9.17) is 10.5 Å². The molecule has 1 aliphatic heterocycles. The summed E-state index contributed by atoms with van der Waals surface area (Å²) in [5, 5.41) is 3.10. The number of morpholine rings is 1. The molecule has 1 aromatic carbocycles. The van der Waals surface area contributed by atoms with E-state index in [-0.39, 0.29) is 0 Å². The van der Waals surface area contributed by atoms with E-state index >= 15 is 0 Å². The Morgan fingerprint density at radius 1 is 1.16 bits per heavy atom. The number of ether oxygens (including phenoxy) is 1. The van der Waals surface area contributed by atoms with Crippen LogP contribution in [-0.4, -0.2) is 31.2 Å². The largest absolute Gasteiger partial charge is 0.390 e. The van der Waals surface area contributed by atoms with Gasteiger partial charge in [-0.15, -0.1) is 11.3 Å². The lowest BCUT2D eigenvalue weighted by Gasteiger charge is -2.26. The second-order valence-corrected chi connectivity index (χ2v) is 5.67. The minimum absolute atomic E-state index is 0.834. The highest BCUT2D eigenvalue weighted by atomic mass is 32.1. The van der Waals surface area contributed by atoms with E-state index in [1.165, 1.54) is 16.7 Å². The van der Waals surface area contributed by atoms with Crippen LogP contribution in [0.4, 0.5) is 5.00 Å². The van der Waals surface area contributed by atoms with Crippen molar-refractivity contribution >= 4 is 16.3 Å². The molecular formula is C15H18N2OS. The van der Waals surface area contributed by atoms with Gasteiger partial charge in [0.15, 0.2) is 0 Å². The average Bonchev–Trinajstić information content (AvgIpc) is 2.82. The number of anilines is 1. The third-order valence-electron chi connectivity index (χ3n) is 3.46. The summed E-state index contributed by atoms with van der Waals surface area (Å²) in [6.07, 6.45) is 0. The number of hydrogen-bond donors (Lipinski definition) is 1. The lowest BCUT2D eigenvalue weighted by atomic mass is 10.0. The Kier molecular flexibility index (Phi) is 3.82. The first-order valence-corrected chi connectivity index (χ1v) is 7.44. The van der Waals surface area contributed by atoms with Crippen molar-refractivity contribution in [2.75, 3.05) is 32.0 Å². The van der Waals surface area contributed by atoms with Gasteiger partial charge in [0.1, 0.15) is 0 Å². The molecule has 4 heteroatoms. The van der Waals surface area contributed by atoms with E-state index in [0.29, 0.717) is 0 Å². The molecule has 1 aliphatic rings. The van der Waals surface area contributed by atoms with Crippen LogP contribution >= 0.6 is 11.3 Å². The fraction of sp³-hybridized carbons (Fsp3) is 0.333. The summed E-state index contributed by atoms with van der Waals surface area (Å²) in [6.45, 7) is 4.63. The zero-order chi connectivity index (χ0) is 13.1. The maximum Gasteiger partial charge on any atom is 0.0939 e. The molecule has 2 N–H and O–H groups in total. The fourth-order valence-electron chi connectivity index (χ4n) is 2.46. The highest BCUT2D eigenvalue weighted by Crippen LogP contribution is 2.35. The minimum atomic E-state index is 0.834. The highest BCUT2D eigenvalue weighted by Gasteiger charge is 2.16. The molecule has 0 unspecified atom stereocenters. The lowest BCUT2D eigenvalue weighted by molar-refractivity contribution is 0.0343. The zero-order valence-electron chi connectivity index (χ0n) is 10.8. The van der Waals surface area contributed by atoms with Gasteiger partial charge in [-0.1, -0.05) is 30.3 Å². The van der Waals surface area contributed by atoms with Gasteiger partial charge in [-0.3, -0.25) is 4.90 Å². The molecule has 100 valence electrons. The van der Waals surface area contributed by atoms with Gasteiger partial charge in [-0.05, 0) is 16.5 Å². The van der Waals surface area contributed by atoms with Crippen LogP contribution in [0.2, 0.25) is 0 Å². The Morgan fingerprint density at radius 3 is 2.63 bits per heavy atom. The predicted octanol–water partition coefficient (Wildman–Crippen LogP) is 2.83. The van der Waals surface area contributed by atoms with Crippen LogP contribution in [0.15, 0.2) is 35.7 Å². The van der Waals surface area contributed by atoms with Crippen molar-refractivity contribution in [2.24, 2.45) is 0 Å². The maximum atomic E-state index is 6.15. The molecule has 0 atom stereocenters. The first-order valence-electron chi connectivity index (χ1n) is 6.56. The molecule has 1 aromatic heterocycles. The molecule has 1 fully saturated rings. The number of nitrogen functional groups attached to an aromatic ring is 1. The summed E-state index contributed by atoms with van der Waals surface area (Å²) < 4.78 is 5.39. The van der Waals surface area contributed by atoms with Crippen molar-refractivity contribution in [1.29, 1.82) is 0 Å². The van der Waals surface area contributed by atoms with Crippen LogP contribution in [0.5, 0.6) is 0 Å². The maximum absolute atomic E-state index is 6.15. The first kappa shape index (κ1) is 12.7. The molecule has 0 radical (unpaired) electrons. The average molecular weight is 274 g/mol. The quantitative estimate of drug-likeness (QED) is 0.935. The van der Waals surface area contributed by atoms with Gasteiger partial charge >= 0.3 is 0 Å². The van der Waals surface area contributed by atoms with E-state index < -0.39 is 0 Å². The van der Waals surface area contributed by atoms with Crippen molar-refractivity contribution in [3.05, 3.63) is 41.3 Å². The summed E-state index contributed by atoms with van der Waals surface area (Å²) in [5.41, 5.74) is 9.90. The van der Waals surface area contributed by atoms with Crippen molar-refractivity contribution in [2.45, 2.75) is 6.54 Å². The minimum Gasteiger partial charge on any atom is -0.390 e. The van der Waals surface area contributed by atoms with Gasteiger partial charge in [-0.2, -0.15) is 0 Å². The van der Waals surface area contributed by atoms with Crippen molar-refractivity contribution in [1.82, 2.24) is 4.90 Å². The van der Waals surface area contributed by atoms with Crippen molar-refractivity contribution in [3.8, 4) is 11.1 Å². The molecule has 2 heterocycles. The fourth-order valence-corrected chi connectivity index (χ4v) is 3.29.